The molecule has 1 aromatic heterocycles. The predicted octanol–water partition coefficient (Wildman–Crippen LogP) is 2.32. The Morgan fingerprint density at radius 2 is 2.07 bits per heavy atom. The number of β-amino-alcohol motifs (C(OH)–C–C–N with tert-alkyl or cyclic N) is 1. The zero-order valence-corrected chi connectivity index (χ0v) is 17.2. The summed E-state index contributed by atoms with van der Waals surface area (Å²) in [6, 6.07) is 15.0. The number of fused-ring (bicyclic) bond motifs is 1. The van der Waals surface area contributed by atoms with E-state index < -0.39 is 11.2 Å². The number of amides is 1. The molecule has 1 unspecified atom stereocenters. The number of aromatic amines is 1. The third kappa shape index (κ3) is 4.17. The van der Waals surface area contributed by atoms with Crippen molar-refractivity contribution in [3.63, 3.8) is 0 Å². The van der Waals surface area contributed by atoms with E-state index in [1.165, 1.54) is 0 Å². The maximum Gasteiger partial charge on any atom is 0.417 e. The largest absolute Gasteiger partial charge is 0.417 e. The summed E-state index contributed by atoms with van der Waals surface area (Å²) >= 11 is 0. The van der Waals surface area contributed by atoms with Gasteiger partial charge in [0.1, 0.15) is 0 Å². The molecule has 0 saturated carbocycles. The number of aliphatic hydroxyl groups is 1. The molecule has 2 aromatic carbocycles. The first-order valence-corrected chi connectivity index (χ1v) is 10.2. The Labute approximate surface area is 174 Å². The molecule has 0 aliphatic carbocycles. The molecule has 2 heterocycles. The van der Waals surface area contributed by atoms with Crippen LogP contribution in [0.4, 0.5) is 0 Å². The van der Waals surface area contributed by atoms with Gasteiger partial charge in [-0.1, -0.05) is 36.4 Å². The zero-order valence-electron chi connectivity index (χ0n) is 17.2. The lowest BCUT2D eigenvalue weighted by molar-refractivity contribution is -0.126. The van der Waals surface area contributed by atoms with Gasteiger partial charge in [0.05, 0.1) is 23.1 Å². The lowest BCUT2D eigenvalue weighted by Crippen LogP contribution is -2.45. The monoisotopic (exact) mass is 409 g/mol. The minimum Gasteiger partial charge on any atom is -0.408 e. The van der Waals surface area contributed by atoms with E-state index >= 15 is 0 Å². The van der Waals surface area contributed by atoms with E-state index in [1.807, 2.05) is 50.2 Å². The van der Waals surface area contributed by atoms with Crippen LogP contribution in [0.2, 0.25) is 0 Å². The van der Waals surface area contributed by atoms with Gasteiger partial charge in [0.2, 0.25) is 5.91 Å². The minimum absolute atomic E-state index is 0.110. The van der Waals surface area contributed by atoms with Crippen LogP contribution in [0.5, 0.6) is 0 Å². The van der Waals surface area contributed by atoms with E-state index in [0.29, 0.717) is 24.2 Å². The topological polar surface area (TPSA) is 98.6 Å². The number of carbonyl (C=O) groups is 1. The first-order valence-electron chi connectivity index (χ1n) is 10.2. The Bertz CT molecular complexity index is 1090. The average molecular weight is 409 g/mol. The van der Waals surface area contributed by atoms with Crippen LogP contribution >= 0.6 is 0 Å². The summed E-state index contributed by atoms with van der Waals surface area (Å²) in [4.78, 5) is 29.6. The molecule has 30 heavy (non-hydrogen) atoms. The van der Waals surface area contributed by atoms with Gasteiger partial charge in [-0.3, -0.25) is 14.7 Å². The summed E-state index contributed by atoms with van der Waals surface area (Å²) in [5.41, 5.74) is 2.03. The van der Waals surface area contributed by atoms with Crippen LogP contribution in [0.25, 0.3) is 11.1 Å². The van der Waals surface area contributed by atoms with Gasteiger partial charge in [-0.2, -0.15) is 0 Å². The van der Waals surface area contributed by atoms with E-state index in [0.717, 1.165) is 24.1 Å². The van der Waals surface area contributed by atoms with E-state index in [-0.39, 0.29) is 18.1 Å². The molecule has 1 aliphatic heterocycles. The molecule has 0 bridgehead atoms. The lowest BCUT2D eigenvalue weighted by atomic mass is 9.83. The number of benzene rings is 2. The Hall–Kier alpha value is -2.90. The molecule has 0 spiro atoms. The highest BCUT2D eigenvalue weighted by molar-refractivity contribution is 5.89. The Morgan fingerprint density at radius 3 is 2.77 bits per heavy atom. The number of likely N-dealkylation sites (tertiary alicyclic amines) is 1. The van der Waals surface area contributed by atoms with Crippen molar-refractivity contribution < 1.29 is 14.3 Å². The molecule has 1 amide bonds. The fourth-order valence-electron chi connectivity index (χ4n) is 3.97. The van der Waals surface area contributed by atoms with E-state index in [4.69, 9.17) is 4.42 Å². The number of hydrogen-bond donors (Lipinski definition) is 3. The number of carbonyl (C=O) groups excluding carboxylic acids is 1. The van der Waals surface area contributed by atoms with Crippen LogP contribution in [0, 0.1) is 0 Å². The molecule has 158 valence electrons. The Morgan fingerprint density at radius 1 is 1.30 bits per heavy atom. The SMILES string of the molecule is CC(C)(C(=O)N[C@H](CN1CCC(O)C1)c1ccccc1)c1ccc2oc(=O)[nH]c2c1. The number of nitrogens with one attached hydrogen (secondary N) is 2. The Balaban J connectivity index is 1.57. The molecular formula is C23H27N3O4. The summed E-state index contributed by atoms with van der Waals surface area (Å²) in [7, 11) is 0. The van der Waals surface area contributed by atoms with E-state index in [9.17, 15) is 14.7 Å². The predicted molar refractivity (Wildman–Crippen MR) is 114 cm³/mol. The zero-order chi connectivity index (χ0) is 21.3. The van der Waals surface area contributed by atoms with Crippen molar-refractivity contribution in [1.29, 1.82) is 0 Å². The van der Waals surface area contributed by atoms with Crippen LogP contribution in [0.3, 0.4) is 0 Å². The smallest absolute Gasteiger partial charge is 0.408 e. The maximum absolute atomic E-state index is 13.4. The van der Waals surface area contributed by atoms with Crippen LogP contribution in [0.15, 0.2) is 57.7 Å². The van der Waals surface area contributed by atoms with Gasteiger partial charge in [-0.25, -0.2) is 4.79 Å². The van der Waals surface area contributed by atoms with Gasteiger partial charge in [-0.05, 0) is 43.5 Å². The third-order valence-electron chi connectivity index (χ3n) is 5.90. The maximum atomic E-state index is 13.4. The molecule has 1 fully saturated rings. The van der Waals surface area contributed by atoms with Crippen LogP contribution < -0.4 is 11.1 Å². The van der Waals surface area contributed by atoms with Crippen molar-refractivity contribution in [2.75, 3.05) is 19.6 Å². The average Bonchev–Trinajstić information content (AvgIpc) is 3.31. The van der Waals surface area contributed by atoms with Gasteiger partial charge < -0.3 is 14.8 Å². The second-order valence-electron chi connectivity index (χ2n) is 8.49. The van der Waals surface area contributed by atoms with Crippen molar-refractivity contribution in [2.45, 2.75) is 37.8 Å². The number of hydrogen-bond acceptors (Lipinski definition) is 5. The fourth-order valence-corrected chi connectivity index (χ4v) is 3.97. The summed E-state index contributed by atoms with van der Waals surface area (Å²) in [6.45, 7) is 5.80. The fraction of sp³-hybridized carbons (Fsp3) is 0.391. The molecule has 0 radical (unpaired) electrons. The second kappa shape index (κ2) is 8.08. The number of H-pyrrole nitrogens is 1. The molecule has 7 nitrogen and oxygen atoms in total. The number of aromatic nitrogens is 1. The first-order chi connectivity index (χ1) is 14.3. The van der Waals surface area contributed by atoms with E-state index in [1.54, 1.807) is 12.1 Å². The molecule has 3 aromatic rings. The van der Waals surface area contributed by atoms with Crippen LogP contribution in [-0.2, 0) is 10.2 Å². The van der Waals surface area contributed by atoms with Gasteiger partial charge in [0.25, 0.3) is 0 Å². The lowest BCUT2D eigenvalue weighted by Gasteiger charge is -2.30. The van der Waals surface area contributed by atoms with Gasteiger partial charge in [-0.15, -0.1) is 0 Å². The minimum atomic E-state index is -0.820. The molecule has 1 aliphatic rings. The van der Waals surface area contributed by atoms with Crippen molar-refractivity contribution in [3.05, 3.63) is 70.2 Å². The molecule has 4 rings (SSSR count). The van der Waals surface area contributed by atoms with Crippen molar-refractivity contribution in [1.82, 2.24) is 15.2 Å². The first kappa shape index (κ1) is 20.4. The molecule has 7 heteroatoms. The summed E-state index contributed by atoms with van der Waals surface area (Å²) in [5, 5.41) is 13.1. The number of aliphatic hydroxyl groups excluding tert-OH is 1. The van der Waals surface area contributed by atoms with Crippen LogP contribution in [0.1, 0.15) is 37.4 Å². The molecular weight excluding hydrogens is 382 g/mol. The van der Waals surface area contributed by atoms with Crippen molar-refractivity contribution in [3.8, 4) is 0 Å². The molecule has 2 atom stereocenters. The number of oxazole rings is 1. The standard InChI is InChI=1S/C23H27N3O4/c1-23(2,16-8-9-20-18(12-16)25-22(29)30-20)21(28)24-19(15-6-4-3-5-7-15)14-26-11-10-17(27)13-26/h3-9,12,17,19,27H,10-11,13-14H2,1-2H3,(H,24,28)(H,25,29)/t17?,19-/m1/s1. The van der Waals surface area contributed by atoms with Crippen molar-refractivity contribution >= 4 is 17.0 Å². The number of rotatable bonds is 6. The summed E-state index contributed by atoms with van der Waals surface area (Å²) in [5.74, 6) is -0.623. The van der Waals surface area contributed by atoms with Crippen molar-refractivity contribution in [2.24, 2.45) is 0 Å². The van der Waals surface area contributed by atoms with Gasteiger partial charge >= 0.3 is 5.76 Å². The highest BCUT2D eigenvalue weighted by atomic mass is 16.4. The van der Waals surface area contributed by atoms with E-state index in [2.05, 4.69) is 15.2 Å². The second-order valence-corrected chi connectivity index (χ2v) is 8.49. The highest BCUT2D eigenvalue weighted by Gasteiger charge is 2.33. The summed E-state index contributed by atoms with van der Waals surface area (Å²) in [6.07, 6.45) is 0.446. The normalized spacial score (nSPS) is 18.6. The van der Waals surface area contributed by atoms with Gasteiger partial charge in [0.15, 0.2) is 5.58 Å². The molecule has 1 saturated heterocycles. The molecule has 3 N–H and O–H groups in total. The van der Waals surface area contributed by atoms with Gasteiger partial charge in [0, 0.05) is 19.6 Å². The summed E-state index contributed by atoms with van der Waals surface area (Å²) < 4.78 is 5.06. The number of nitrogens with zero attached hydrogens (tertiary/aromatic N) is 1. The third-order valence-corrected chi connectivity index (χ3v) is 5.90. The Kier molecular flexibility index (Phi) is 5.49. The quantitative estimate of drug-likeness (QED) is 0.580. The van der Waals surface area contributed by atoms with Crippen LogP contribution in [-0.4, -0.2) is 46.6 Å². The highest BCUT2D eigenvalue weighted by Crippen LogP contribution is 2.28.